The zero-order valence-electron chi connectivity index (χ0n) is 27.1. The van der Waals surface area contributed by atoms with E-state index in [2.05, 4.69) is 155 Å². The van der Waals surface area contributed by atoms with Crippen LogP contribution in [0.15, 0.2) is 146 Å². The van der Waals surface area contributed by atoms with Gasteiger partial charge in [0.25, 0.3) is 0 Å². The Kier molecular flexibility index (Phi) is 5.59. The largest absolute Gasteiger partial charge is 0.310 e. The van der Waals surface area contributed by atoms with Crippen molar-refractivity contribution in [3.8, 4) is 16.8 Å². The van der Waals surface area contributed by atoms with Crippen molar-refractivity contribution >= 4 is 38.9 Å². The SMILES string of the molecule is c1ccc(N(c2ccc3c(c2)C2(c4ccccc4-3)C3CC4CC(C3)CC2C4)c2ccc3c4ccccc4n(-c4ccccc4)c3c2)cc1. The minimum Gasteiger partial charge on any atom is -0.310 e. The molecule has 0 amide bonds. The fraction of sp³-hybridized carbons (Fsp3) is 0.217. The average Bonchev–Trinajstić information content (AvgIpc) is 3.61. The van der Waals surface area contributed by atoms with Gasteiger partial charge in [-0.05, 0) is 133 Å². The van der Waals surface area contributed by atoms with E-state index in [0.717, 1.165) is 23.7 Å². The van der Waals surface area contributed by atoms with E-state index >= 15 is 0 Å². The van der Waals surface area contributed by atoms with Gasteiger partial charge in [0, 0.05) is 38.9 Å². The molecule has 7 aromatic rings. The van der Waals surface area contributed by atoms with Gasteiger partial charge >= 0.3 is 0 Å². The summed E-state index contributed by atoms with van der Waals surface area (Å²) in [6, 6.07) is 54.6. The van der Waals surface area contributed by atoms with Gasteiger partial charge in [0.05, 0.1) is 11.0 Å². The van der Waals surface area contributed by atoms with Gasteiger partial charge in [-0.3, -0.25) is 0 Å². The van der Waals surface area contributed by atoms with E-state index in [0.29, 0.717) is 0 Å². The summed E-state index contributed by atoms with van der Waals surface area (Å²) in [6.45, 7) is 0. The van der Waals surface area contributed by atoms with E-state index in [1.807, 2.05) is 0 Å². The van der Waals surface area contributed by atoms with E-state index in [9.17, 15) is 0 Å². The molecule has 0 saturated heterocycles. The van der Waals surface area contributed by atoms with Crippen molar-refractivity contribution in [3.05, 3.63) is 157 Å². The molecule has 0 atom stereocenters. The number of aromatic nitrogens is 1. The molecule has 4 bridgehead atoms. The lowest BCUT2D eigenvalue weighted by Gasteiger charge is -2.61. The Morgan fingerprint density at radius 3 is 1.85 bits per heavy atom. The quantitative estimate of drug-likeness (QED) is 0.190. The van der Waals surface area contributed by atoms with Gasteiger partial charge in [-0.2, -0.15) is 0 Å². The summed E-state index contributed by atoms with van der Waals surface area (Å²) in [7, 11) is 0. The summed E-state index contributed by atoms with van der Waals surface area (Å²) >= 11 is 0. The predicted octanol–water partition coefficient (Wildman–Crippen LogP) is 12.0. The lowest BCUT2D eigenvalue weighted by atomic mass is 9.43. The van der Waals surface area contributed by atoms with Crippen LogP contribution in [-0.2, 0) is 5.41 Å². The highest BCUT2D eigenvalue weighted by molar-refractivity contribution is 6.10. The fourth-order valence-corrected chi connectivity index (χ4v) is 11.3. The van der Waals surface area contributed by atoms with Crippen molar-refractivity contribution in [1.29, 1.82) is 0 Å². The highest BCUT2D eigenvalue weighted by Gasteiger charge is 2.61. The third kappa shape index (κ3) is 3.58. The third-order valence-electron chi connectivity index (χ3n) is 12.7. The number of hydrogen-bond donors (Lipinski definition) is 0. The van der Waals surface area contributed by atoms with Gasteiger partial charge in [-0.25, -0.2) is 0 Å². The number of nitrogens with zero attached hydrogens (tertiary/aromatic N) is 2. The summed E-state index contributed by atoms with van der Waals surface area (Å²) in [5.41, 5.74) is 13.6. The summed E-state index contributed by atoms with van der Waals surface area (Å²) in [5.74, 6) is 3.35. The summed E-state index contributed by atoms with van der Waals surface area (Å²) in [4.78, 5) is 2.50. The molecule has 2 nitrogen and oxygen atoms in total. The van der Waals surface area contributed by atoms with E-state index in [1.165, 1.54) is 87.8 Å². The molecule has 0 aliphatic heterocycles. The van der Waals surface area contributed by atoms with Crippen LogP contribution >= 0.6 is 0 Å². The number of hydrogen-bond acceptors (Lipinski definition) is 1. The molecule has 5 aliphatic carbocycles. The van der Waals surface area contributed by atoms with Gasteiger partial charge in [0.2, 0.25) is 0 Å². The van der Waals surface area contributed by atoms with Crippen LogP contribution in [0.2, 0.25) is 0 Å². The zero-order chi connectivity index (χ0) is 31.4. The normalized spacial score (nSPS) is 24.8. The standard InChI is InChI=1S/C46H38N2/c1-3-11-34(12-4-1)47(37-20-22-41-40-16-8-10-18-44(40)48(45(41)29-37)35-13-5-2-6-14-35)36-19-21-39-38-15-7-9-17-42(38)46(43(39)28-36)32-24-30-23-31(26-32)27-33(46)25-30/h1-22,28-33H,23-27H2. The van der Waals surface area contributed by atoms with Crippen molar-refractivity contribution in [1.82, 2.24) is 4.57 Å². The number of benzene rings is 6. The van der Waals surface area contributed by atoms with Crippen molar-refractivity contribution in [2.45, 2.75) is 37.5 Å². The maximum absolute atomic E-state index is 2.61. The highest BCUT2D eigenvalue weighted by atomic mass is 15.1. The molecule has 0 unspecified atom stereocenters. The van der Waals surface area contributed by atoms with Gasteiger partial charge in [-0.15, -0.1) is 0 Å². The minimum absolute atomic E-state index is 0.140. The zero-order valence-corrected chi connectivity index (χ0v) is 27.1. The topological polar surface area (TPSA) is 8.17 Å². The van der Waals surface area contributed by atoms with Crippen LogP contribution in [0.5, 0.6) is 0 Å². The first kappa shape index (κ1) is 26.9. The Labute approximate surface area is 282 Å². The summed E-state index contributed by atoms with van der Waals surface area (Å²) in [5, 5.41) is 2.57. The first-order valence-corrected chi connectivity index (χ1v) is 18.0. The van der Waals surface area contributed by atoms with Gasteiger partial charge < -0.3 is 9.47 Å². The van der Waals surface area contributed by atoms with Crippen LogP contribution in [0.25, 0.3) is 38.6 Å². The van der Waals surface area contributed by atoms with Crippen molar-refractivity contribution in [2.24, 2.45) is 23.7 Å². The third-order valence-corrected chi connectivity index (χ3v) is 12.7. The van der Waals surface area contributed by atoms with E-state index in [1.54, 1.807) is 11.1 Å². The molecule has 5 aliphatic rings. The second kappa shape index (κ2) is 9.97. The predicted molar refractivity (Wildman–Crippen MR) is 199 cm³/mol. The van der Waals surface area contributed by atoms with Crippen LogP contribution in [-0.4, -0.2) is 4.57 Å². The van der Waals surface area contributed by atoms with Gasteiger partial charge in [-0.1, -0.05) is 91.0 Å². The molecule has 0 radical (unpaired) electrons. The maximum atomic E-state index is 2.61. The Morgan fingerprint density at radius 2 is 1.06 bits per heavy atom. The Morgan fingerprint density at radius 1 is 0.458 bits per heavy atom. The Bertz CT molecular complexity index is 2340. The molecule has 6 aromatic carbocycles. The average molecular weight is 619 g/mol. The van der Waals surface area contributed by atoms with Crippen molar-refractivity contribution < 1.29 is 0 Å². The van der Waals surface area contributed by atoms with Crippen LogP contribution in [0, 0.1) is 23.7 Å². The summed E-state index contributed by atoms with van der Waals surface area (Å²) in [6.07, 6.45) is 7.06. The fourth-order valence-electron chi connectivity index (χ4n) is 11.3. The molecular weight excluding hydrogens is 581 g/mol. The molecule has 1 aromatic heterocycles. The second-order valence-electron chi connectivity index (χ2n) is 15.0. The van der Waals surface area contributed by atoms with E-state index < -0.39 is 0 Å². The molecule has 4 saturated carbocycles. The van der Waals surface area contributed by atoms with Crippen LogP contribution in [0.3, 0.4) is 0 Å². The number of rotatable bonds is 4. The molecule has 0 N–H and O–H groups in total. The molecule has 48 heavy (non-hydrogen) atoms. The molecule has 2 heteroatoms. The first-order valence-electron chi connectivity index (χ1n) is 18.0. The van der Waals surface area contributed by atoms with Crippen molar-refractivity contribution in [2.75, 3.05) is 4.90 Å². The number of para-hydroxylation sites is 3. The highest BCUT2D eigenvalue weighted by Crippen LogP contribution is 2.69. The minimum atomic E-state index is 0.140. The smallest absolute Gasteiger partial charge is 0.0561 e. The number of fused-ring (bicyclic) bond motifs is 6. The second-order valence-corrected chi connectivity index (χ2v) is 15.0. The van der Waals surface area contributed by atoms with Crippen LogP contribution < -0.4 is 4.90 Å². The summed E-state index contributed by atoms with van der Waals surface area (Å²) < 4.78 is 2.43. The lowest BCUT2D eigenvalue weighted by Crippen LogP contribution is -2.55. The lowest BCUT2D eigenvalue weighted by molar-refractivity contribution is -0.0399. The molecule has 232 valence electrons. The maximum Gasteiger partial charge on any atom is 0.0561 e. The number of anilines is 3. The molecule has 1 heterocycles. The Balaban J connectivity index is 1.14. The van der Waals surface area contributed by atoms with Gasteiger partial charge in [0.1, 0.15) is 0 Å². The van der Waals surface area contributed by atoms with E-state index in [4.69, 9.17) is 0 Å². The monoisotopic (exact) mass is 618 g/mol. The van der Waals surface area contributed by atoms with Crippen molar-refractivity contribution in [3.63, 3.8) is 0 Å². The molecule has 12 rings (SSSR count). The molecule has 4 fully saturated rings. The Hall–Kier alpha value is -5.08. The van der Waals surface area contributed by atoms with Crippen LogP contribution in [0.4, 0.5) is 17.1 Å². The first-order chi connectivity index (χ1) is 23.8. The van der Waals surface area contributed by atoms with Gasteiger partial charge in [0.15, 0.2) is 0 Å². The van der Waals surface area contributed by atoms with E-state index in [-0.39, 0.29) is 5.41 Å². The molecular formula is C46H38N2. The van der Waals surface area contributed by atoms with Crippen LogP contribution in [0.1, 0.15) is 43.2 Å². The molecule has 1 spiro atoms.